The van der Waals surface area contributed by atoms with Gasteiger partial charge in [-0.25, -0.2) is 0 Å². The molecule has 1 aliphatic heterocycles. The van der Waals surface area contributed by atoms with Gasteiger partial charge in [0.15, 0.2) is 0 Å². The van der Waals surface area contributed by atoms with Crippen LogP contribution in [0.15, 0.2) is 83.8 Å². The predicted octanol–water partition coefficient (Wildman–Crippen LogP) is 6.15. The van der Waals surface area contributed by atoms with Crippen LogP contribution in [0.3, 0.4) is 0 Å². The van der Waals surface area contributed by atoms with E-state index in [0.717, 1.165) is 11.6 Å². The quantitative estimate of drug-likeness (QED) is 0.551. The molecule has 0 aliphatic carbocycles. The molecule has 1 atom stereocenters. The number of benzene rings is 3. The van der Waals surface area contributed by atoms with Gasteiger partial charge in [-0.05, 0) is 41.5 Å². The van der Waals surface area contributed by atoms with Crippen molar-refractivity contribution >= 4 is 29.1 Å². The van der Waals surface area contributed by atoms with E-state index in [4.69, 9.17) is 11.6 Å². The zero-order valence-corrected chi connectivity index (χ0v) is 14.1. The van der Waals surface area contributed by atoms with Gasteiger partial charge in [-0.15, -0.1) is 0 Å². The lowest BCUT2D eigenvalue weighted by Crippen LogP contribution is -2.29. The Labute approximate surface area is 145 Å². The number of rotatable bonds is 2. The Morgan fingerprint density at radius 3 is 2.30 bits per heavy atom. The van der Waals surface area contributed by atoms with Crippen LogP contribution in [0.25, 0.3) is 0 Å². The van der Waals surface area contributed by atoms with Crippen LogP contribution in [0.4, 0.5) is 5.69 Å². The lowest BCUT2D eigenvalue weighted by molar-refractivity contribution is 0.755. The summed E-state index contributed by atoms with van der Waals surface area (Å²) in [7, 11) is 0. The second kappa shape index (κ2) is 6.31. The van der Waals surface area contributed by atoms with E-state index in [-0.39, 0.29) is 5.37 Å². The van der Waals surface area contributed by atoms with Crippen LogP contribution in [-0.4, -0.2) is 0 Å². The zero-order chi connectivity index (χ0) is 15.6. The van der Waals surface area contributed by atoms with Crippen LogP contribution in [-0.2, 0) is 6.54 Å². The smallest absolute Gasteiger partial charge is 0.105 e. The number of hydrogen-bond acceptors (Lipinski definition) is 2. The molecular formula is C20H16ClNS. The van der Waals surface area contributed by atoms with Gasteiger partial charge in [-0.1, -0.05) is 71.9 Å². The minimum absolute atomic E-state index is 0.254. The van der Waals surface area contributed by atoms with Crippen LogP contribution in [0.1, 0.15) is 16.5 Å². The first-order valence-electron chi connectivity index (χ1n) is 7.63. The molecule has 3 heteroatoms. The highest BCUT2D eigenvalue weighted by atomic mass is 35.5. The molecule has 3 aromatic carbocycles. The Balaban J connectivity index is 1.78. The molecule has 0 amide bonds. The summed E-state index contributed by atoms with van der Waals surface area (Å²) >= 11 is 7.97. The van der Waals surface area contributed by atoms with E-state index in [1.54, 1.807) is 0 Å². The summed E-state index contributed by atoms with van der Waals surface area (Å²) in [6, 6.07) is 27.5. The second-order valence-electron chi connectivity index (χ2n) is 5.59. The van der Waals surface area contributed by atoms with Crippen molar-refractivity contribution < 1.29 is 0 Å². The highest BCUT2D eigenvalue weighted by Gasteiger charge is 2.28. The van der Waals surface area contributed by atoms with E-state index in [1.807, 2.05) is 23.9 Å². The number of thioether (sulfide) groups is 1. The first-order chi connectivity index (χ1) is 11.3. The van der Waals surface area contributed by atoms with Gasteiger partial charge in [0.05, 0.1) is 0 Å². The highest BCUT2D eigenvalue weighted by molar-refractivity contribution is 7.99. The Hall–Kier alpha value is -1.90. The number of para-hydroxylation sites is 1. The molecule has 0 fully saturated rings. The largest absolute Gasteiger partial charge is 0.351 e. The Morgan fingerprint density at radius 1 is 0.826 bits per heavy atom. The maximum atomic E-state index is 6.06. The van der Waals surface area contributed by atoms with E-state index in [2.05, 4.69) is 71.6 Å². The zero-order valence-electron chi connectivity index (χ0n) is 12.5. The molecule has 0 saturated carbocycles. The molecule has 0 spiro atoms. The Kier molecular flexibility index (Phi) is 4.02. The number of hydrogen-bond donors (Lipinski definition) is 0. The molecule has 23 heavy (non-hydrogen) atoms. The Bertz CT molecular complexity index is 801. The SMILES string of the molecule is Clc1ccc(C2Sc3ccccc3CN2c2ccccc2)cc1. The van der Waals surface area contributed by atoms with E-state index >= 15 is 0 Å². The predicted molar refractivity (Wildman–Crippen MR) is 99.1 cm³/mol. The van der Waals surface area contributed by atoms with Gasteiger partial charge in [-0.3, -0.25) is 0 Å². The minimum Gasteiger partial charge on any atom is -0.351 e. The van der Waals surface area contributed by atoms with E-state index in [1.165, 1.54) is 21.7 Å². The van der Waals surface area contributed by atoms with Crippen molar-refractivity contribution in [2.24, 2.45) is 0 Å². The topological polar surface area (TPSA) is 3.24 Å². The number of fused-ring (bicyclic) bond motifs is 1. The van der Waals surface area contributed by atoms with Gasteiger partial charge in [0.2, 0.25) is 0 Å². The number of halogens is 1. The normalized spacial score (nSPS) is 16.9. The molecule has 114 valence electrons. The minimum atomic E-state index is 0.254. The Morgan fingerprint density at radius 2 is 1.52 bits per heavy atom. The number of nitrogens with zero attached hydrogens (tertiary/aromatic N) is 1. The van der Waals surface area contributed by atoms with Crippen molar-refractivity contribution in [1.29, 1.82) is 0 Å². The summed E-state index contributed by atoms with van der Waals surface area (Å²) in [5.41, 5.74) is 3.90. The fourth-order valence-corrected chi connectivity index (χ4v) is 4.35. The summed E-state index contributed by atoms with van der Waals surface area (Å²) in [6.07, 6.45) is 0. The third kappa shape index (κ3) is 2.97. The van der Waals surface area contributed by atoms with Crippen molar-refractivity contribution in [3.63, 3.8) is 0 Å². The van der Waals surface area contributed by atoms with Gasteiger partial charge in [0.25, 0.3) is 0 Å². The second-order valence-corrected chi connectivity index (χ2v) is 7.15. The summed E-state index contributed by atoms with van der Waals surface area (Å²) < 4.78 is 0. The molecule has 0 saturated heterocycles. The van der Waals surface area contributed by atoms with Crippen LogP contribution < -0.4 is 4.90 Å². The molecule has 0 bridgehead atoms. The summed E-state index contributed by atoms with van der Waals surface area (Å²) in [5, 5.41) is 1.03. The molecular weight excluding hydrogens is 322 g/mol. The summed E-state index contributed by atoms with van der Waals surface area (Å²) in [4.78, 5) is 3.82. The van der Waals surface area contributed by atoms with Gasteiger partial charge in [0.1, 0.15) is 5.37 Å². The average molecular weight is 338 g/mol. The molecule has 4 rings (SSSR count). The monoisotopic (exact) mass is 337 g/mol. The first-order valence-corrected chi connectivity index (χ1v) is 8.89. The molecule has 1 unspecified atom stereocenters. The maximum Gasteiger partial charge on any atom is 0.105 e. The highest BCUT2D eigenvalue weighted by Crippen LogP contribution is 2.46. The van der Waals surface area contributed by atoms with Crippen LogP contribution in [0.2, 0.25) is 5.02 Å². The molecule has 3 aromatic rings. The fraction of sp³-hybridized carbons (Fsp3) is 0.100. The van der Waals surface area contributed by atoms with Gasteiger partial charge in [0, 0.05) is 22.2 Å². The third-order valence-electron chi connectivity index (χ3n) is 4.08. The lowest BCUT2D eigenvalue weighted by atomic mass is 10.1. The standard InChI is InChI=1S/C20H16ClNS/c21-17-12-10-15(11-13-17)20-22(18-7-2-1-3-8-18)14-16-6-4-5-9-19(16)23-20/h1-13,20H,14H2. The summed E-state index contributed by atoms with van der Waals surface area (Å²) in [5.74, 6) is 0. The molecule has 0 aromatic heterocycles. The fourth-order valence-electron chi connectivity index (χ4n) is 2.92. The third-order valence-corrected chi connectivity index (χ3v) is 5.73. The molecule has 1 aliphatic rings. The van der Waals surface area contributed by atoms with Gasteiger partial charge < -0.3 is 4.90 Å². The van der Waals surface area contributed by atoms with E-state index in [0.29, 0.717) is 0 Å². The van der Waals surface area contributed by atoms with Crippen molar-refractivity contribution in [3.8, 4) is 0 Å². The number of anilines is 1. The molecule has 0 N–H and O–H groups in total. The maximum absolute atomic E-state index is 6.06. The van der Waals surface area contributed by atoms with Crippen molar-refractivity contribution in [1.82, 2.24) is 0 Å². The van der Waals surface area contributed by atoms with E-state index < -0.39 is 0 Å². The lowest BCUT2D eigenvalue weighted by Gasteiger charge is -2.38. The first kappa shape index (κ1) is 14.7. The molecule has 1 heterocycles. The van der Waals surface area contributed by atoms with Crippen molar-refractivity contribution in [2.75, 3.05) is 4.90 Å². The summed E-state index contributed by atoms with van der Waals surface area (Å²) in [6.45, 7) is 0.917. The van der Waals surface area contributed by atoms with Crippen molar-refractivity contribution in [2.45, 2.75) is 16.8 Å². The molecule has 0 radical (unpaired) electrons. The van der Waals surface area contributed by atoms with Gasteiger partial charge in [-0.2, -0.15) is 0 Å². The van der Waals surface area contributed by atoms with Crippen LogP contribution in [0.5, 0.6) is 0 Å². The van der Waals surface area contributed by atoms with Crippen molar-refractivity contribution in [3.05, 3.63) is 95.0 Å². The van der Waals surface area contributed by atoms with Crippen LogP contribution in [0, 0.1) is 0 Å². The average Bonchev–Trinajstić information content (AvgIpc) is 2.62. The van der Waals surface area contributed by atoms with Gasteiger partial charge >= 0.3 is 0 Å². The van der Waals surface area contributed by atoms with E-state index in [9.17, 15) is 0 Å². The van der Waals surface area contributed by atoms with Crippen LogP contribution >= 0.6 is 23.4 Å². The molecule has 1 nitrogen and oxygen atoms in total.